The molecule has 0 spiro atoms. The lowest BCUT2D eigenvalue weighted by Gasteiger charge is -2.26. The molecule has 1 aromatic carbocycles. The lowest BCUT2D eigenvalue weighted by atomic mass is 9.98. The SMILES string of the molecule is CSSN1CCc2cc(/C(N)=N/O)ccc2C1. The van der Waals surface area contributed by atoms with E-state index in [2.05, 4.69) is 21.8 Å². The highest BCUT2D eigenvalue weighted by molar-refractivity contribution is 8.75. The van der Waals surface area contributed by atoms with Crippen LogP contribution in [-0.2, 0) is 13.0 Å². The molecule has 0 unspecified atom stereocenters. The summed E-state index contributed by atoms with van der Waals surface area (Å²) in [6.07, 6.45) is 3.09. The molecule has 6 heteroatoms. The first-order valence-corrected chi connectivity index (χ1v) is 7.81. The fraction of sp³-hybridized carbons (Fsp3) is 0.364. The number of fused-ring (bicyclic) bond motifs is 1. The second-order valence-corrected chi connectivity index (χ2v) is 6.27. The summed E-state index contributed by atoms with van der Waals surface area (Å²) in [4.78, 5) is 0. The van der Waals surface area contributed by atoms with Gasteiger partial charge in [0.2, 0.25) is 0 Å². The third kappa shape index (κ3) is 2.88. The highest BCUT2D eigenvalue weighted by Gasteiger charge is 2.17. The lowest BCUT2D eigenvalue weighted by Crippen LogP contribution is -2.24. The van der Waals surface area contributed by atoms with Gasteiger partial charge in [-0.3, -0.25) is 0 Å². The van der Waals surface area contributed by atoms with Crippen LogP contribution >= 0.6 is 21.8 Å². The zero-order chi connectivity index (χ0) is 12.3. The molecule has 0 bridgehead atoms. The number of hydrogen-bond acceptors (Lipinski definition) is 5. The summed E-state index contributed by atoms with van der Waals surface area (Å²) < 4.78 is 2.34. The van der Waals surface area contributed by atoms with Crippen molar-refractivity contribution in [1.29, 1.82) is 0 Å². The molecule has 0 saturated carbocycles. The normalized spacial score (nSPS) is 16.9. The Morgan fingerprint density at radius 2 is 2.29 bits per heavy atom. The van der Waals surface area contributed by atoms with Crippen LogP contribution in [0, 0.1) is 0 Å². The summed E-state index contributed by atoms with van der Waals surface area (Å²) >= 11 is 0. The largest absolute Gasteiger partial charge is 0.409 e. The first kappa shape index (κ1) is 12.6. The first-order chi connectivity index (χ1) is 8.24. The average Bonchev–Trinajstić information content (AvgIpc) is 2.37. The van der Waals surface area contributed by atoms with Gasteiger partial charge in [0, 0.05) is 18.7 Å². The third-order valence-corrected chi connectivity index (χ3v) is 4.52. The van der Waals surface area contributed by atoms with Gasteiger partial charge in [0.25, 0.3) is 0 Å². The maximum absolute atomic E-state index is 8.65. The van der Waals surface area contributed by atoms with E-state index in [0.717, 1.165) is 25.1 Å². The average molecular weight is 269 g/mol. The van der Waals surface area contributed by atoms with E-state index in [0.29, 0.717) is 0 Å². The van der Waals surface area contributed by atoms with Crippen molar-refractivity contribution in [3.63, 3.8) is 0 Å². The topological polar surface area (TPSA) is 61.8 Å². The number of oxime groups is 1. The molecule has 3 N–H and O–H groups in total. The fourth-order valence-electron chi connectivity index (χ4n) is 1.91. The van der Waals surface area contributed by atoms with E-state index in [4.69, 9.17) is 10.9 Å². The molecule has 17 heavy (non-hydrogen) atoms. The van der Waals surface area contributed by atoms with Crippen molar-refractivity contribution in [3.8, 4) is 0 Å². The molecule has 4 nitrogen and oxygen atoms in total. The Morgan fingerprint density at radius 3 is 3.00 bits per heavy atom. The monoisotopic (exact) mass is 269 g/mol. The minimum absolute atomic E-state index is 0.175. The summed E-state index contributed by atoms with van der Waals surface area (Å²) in [6, 6.07) is 5.99. The van der Waals surface area contributed by atoms with Gasteiger partial charge < -0.3 is 10.9 Å². The van der Waals surface area contributed by atoms with Crippen LogP contribution in [-0.4, -0.2) is 28.1 Å². The quantitative estimate of drug-likeness (QED) is 0.220. The van der Waals surface area contributed by atoms with Gasteiger partial charge in [-0.15, -0.1) is 0 Å². The van der Waals surface area contributed by atoms with Crippen LogP contribution in [0.1, 0.15) is 16.7 Å². The van der Waals surface area contributed by atoms with Crippen molar-refractivity contribution >= 4 is 27.6 Å². The summed E-state index contributed by atoms with van der Waals surface area (Å²) in [5.41, 5.74) is 9.00. The van der Waals surface area contributed by atoms with Crippen molar-refractivity contribution < 1.29 is 5.21 Å². The number of hydrogen-bond donors (Lipinski definition) is 2. The summed E-state index contributed by atoms with van der Waals surface area (Å²) in [5, 5.41) is 11.7. The molecule has 0 saturated heterocycles. The van der Waals surface area contributed by atoms with Gasteiger partial charge >= 0.3 is 0 Å². The van der Waals surface area contributed by atoms with E-state index < -0.39 is 0 Å². The molecule has 2 rings (SSSR count). The molecule has 0 aromatic heterocycles. The zero-order valence-corrected chi connectivity index (χ0v) is 11.2. The van der Waals surface area contributed by atoms with Gasteiger partial charge in [-0.05, 0) is 40.8 Å². The van der Waals surface area contributed by atoms with Crippen molar-refractivity contribution in [3.05, 3.63) is 34.9 Å². The Kier molecular flexibility index (Phi) is 4.20. The Labute approximate surface area is 109 Å². The molecule has 92 valence electrons. The van der Waals surface area contributed by atoms with Crippen LogP contribution in [0.4, 0.5) is 0 Å². The number of amidine groups is 1. The van der Waals surface area contributed by atoms with Crippen LogP contribution in [0.15, 0.2) is 23.4 Å². The van der Waals surface area contributed by atoms with Crippen LogP contribution in [0.2, 0.25) is 0 Å². The Morgan fingerprint density at radius 1 is 1.47 bits per heavy atom. The van der Waals surface area contributed by atoms with Crippen molar-refractivity contribution in [2.45, 2.75) is 13.0 Å². The summed E-state index contributed by atoms with van der Waals surface area (Å²) in [7, 11) is 3.56. The molecular weight excluding hydrogens is 254 g/mol. The molecule has 1 aliphatic rings. The predicted octanol–water partition coefficient (Wildman–Crippen LogP) is 2.07. The Hall–Kier alpha value is -0.850. The van der Waals surface area contributed by atoms with Crippen LogP contribution in [0.5, 0.6) is 0 Å². The molecule has 0 fully saturated rings. The van der Waals surface area contributed by atoms with Crippen molar-refractivity contribution in [2.24, 2.45) is 10.9 Å². The molecule has 0 aliphatic carbocycles. The highest BCUT2D eigenvalue weighted by Crippen LogP contribution is 2.30. The number of rotatable bonds is 3. The maximum atomic E-state index is 8.65. The Balaban J connectivity index is 2.20. The van der Waals surface area contributed by atoms with Gasteiger partial charge in [0.05, 0.1) is 0 Å². The number of benzene rings is 1. The fourth-order valence-corrected chi connectivity index (χ4v) is 3.50. The van der Waals surface area contributed by atoms with Crippen molar-refractivity contribution in [2.75, 3.05) is 12.8 Å². The van der Waals surface area contributed by atoms with E-state index in [1.165, 1.54) is 11.1 Å². The lowest BCUT2D eigenvalue weighted by molar-refractivity contribution is 0.318. The van der Waals surface area contributed by atoms with Gasteiger partial charge in [-0.1, -0.05) is 28.1 Å². The first-order valence-electron chi connectivity index (χ1n) is 5.30. The van der Waals surface area contributed by atoms with E-state index >= 15 is 0 Å². The number of nitrogens with two attached hydrogens (primary N) is 1. The summed E-state index contributed by atoms with van der Waals surface area (Å²) in [6.45, 7) is 2.00. The number of nitrogens with zero attached hydrogens (tertiary/aromatic N) is 2. The van der Waals surface area contributed by atoms with Gasteiger partial charge in [0.15, 0.2) is 5.84 Å². The Bertz CT molecular complexity index is 437. The van der Waals surface area contributed by atoms with Gasteiger partial charge in [-0.25, -0.2) is 4.31 Å². The van der Waals surface area contributed by atoms with Gasteiger partial charge in [0.1, 0.15) is 0 Å². The second kappa shape index (κ2) is 5.66. The predicted molar refractivity (Wildman–Crippen MR) is 74.2 cm³/mol. The summed E-state index contributed by atoms with van der Waals surface area (Å²) in [5.74, 6) is 0.175. The van der Waals surface area contributed by atoms with E-state index in [-0.39, 0.29) is 5.84 Å². The molecule has 1 aromatic rings. The standard InChI is InChI=1S/C11H15N3OS2/c1-16-17-14-5-4-8-6-9(11(12)13-15)2-3-10(8)7-14/h2-3,6,15H,4-5,7H2,1H3,(H2,12,13). The molecule has 0 atom stereocenters. The van der Waals surface area contributed by atoms with Gasteiger partial charge in [-0.2, -0.15) is 0 Å². The van der Waals surface area contributed by atoms with E-state index in [9.17, 15) is 0 Å². The second-order valence-electron chi connectivity index (χ2n) is 3.82. The smallest absolute Gasteiger partial charge is 0.170 e. The third-order valence-electron chi connectivity index (χ3n) is 2.77. The zero-order valence-electron chi connectivity index (χ0n) is 9.59. The van der Waals surface area contributed by atoms with Crippen LogP contribution in [0.25, 0.3) is 0 Å². The highest BCUT2D eigenvalue weighted by atomic mass is 33.1. The molecule has 0 amide bonds. The molecular formula is C11H15N3OS2. The van der Waals surface area contributed by atoms with Crippen LogP contribution in [0.3, 0.4) is 0 Å². The molecule has 1 heterocycles. The minimum Gasteiger partial charge on any atom is -0.409 e. The van der Waals surface area contributed by atoms with E-state index in [1.54, 1.807) is 21.8 Å². The maximum Gasteiger partial charge on any atom is 0.170 e. The minimum atomic E-state index is 0.175. The van der Waals surface area contributed by atoms with Crippen molar-refractivity contribution in [1.82, 2.24) is 4.31 Å². The molecule has 0 radical (unpaired) electrons. The van der Waals surface area contributed by atoms with Crippen LogP contribution < -0.4 is 5.73 Å². The van der Waals surface area contributed by atoms with E-state index in [1.807, 2.05) is 12.1 Å². The molecule has 1 aliphatic heterocycles.